The maximum absolute atomic E-state index is 13.3. The summed E-state index contributed by atoms with van der Waals surface area (Å²) in [6.07, 6.45) is 1.72. The fraction of sp³-hybridized carbons (Fsp3) is 0.0833. The molecule has 0 aliphatic carbocycles. The highest BCUT2D eigenvalue weighted by atomic mass is 16.5. The van der Waals surface area contributed by atoms with Gasteiger partial charge in [0.15, 0.2) is 5.84 Å². The van der Waals surface area contributed by atoms with Gasteiger partial charge in [0.2, 0.25) is 0 Å². The third-order valence-corrected chi connectivity index (χ3v) is 4.71. The quantitative estimate of drug-likeness (QED) is 0.650. The second-order valence-corrected chi connectivity index (χ2v) is 6.60. The number of ether oxygens (including phenoxy) is 2. The summed E-state index contributed by atoms with van der Waals surface area (Å²) in [6.45, 7) is 0. The maximum atomic E-state index is 13.3. The zero-order chi connectivity index (χ0) is 21.1. The van der Waals surface area contributed by atoms with Gasteiger partial charge in [0.1, 0.15) is 22.9 Å². The lowest BCUT2D eigenvalue weighted by Gasteiger charge is -2.19. The zero-order valence-corrected chi connectivity index (χ0v) is 16.6. The number of rotatable bonds is 5. The Balaban J connectivity index is 1.85. The monoisotopic (exact) mass is 400 g/mol. The summed E-state index contributed by atoms with van der Waals surface area (Å²) in [5.74, 6) is 1.60. The third-order valence-electron chi connectivity index (χ3n) is 4.71. The van der Waals surface area contributed by atoms with Crippen LogP contribution in [-0.2, 0) is 4.79 Å². The van der Waals surface area contributed by atoms with Crippen molar-refractivity contribution in [3.63, 3.8) is 0 Å². The lowest BCUT2D eigenvalue weighted by molar-refractivity contribution is -0.113. The van der Waals surface area contributed by atoms with Gasteiger partial charge in [-0.1, -0.05) is 24.3 Å². The highest BCUT2D eigenvalue weighted by molar-refractivity contribution is 6.33. The van der Waals surface area contributed by atoms with Crippen molar-refractivity contribution in [2.24, 2.45) is 4.99 Å². The molecular formula is C24H20N2O4. The number of hydrogen-bond acceptors (Lipinski definition) is 5. The van der Waals surface area contributed by atoms with Gasteiger partial charge in [-0.2, -0.15) is 0 Å². The Bertz CT molecular complexity index is 1150. The van der Waals surface area contributed by atoms with E-state index in [1.807, 2.05) is 48.5 Å². The Hall–Kier alpha value is -4.06. The first-order chi connectivity index (χ1) is 14.6. The van der Waals surface area contributed by atoms with Crippen LogP contribution in [0.2, 0.25) is 0 Å². The molecule has 0 unspecified atom stereocenters. The van der Waals surface area contributed by atoms with E-state index in [0.29, 0.717) is 28.6 Å². The van der Waals surface area contributed by atoms with Gasteiger partial charge in [-0.3, -0.25) is 9.69 Å². The summed E-state index contributed by atoms with van der Waals surface area (Å²) >= 11 is 0. The standard InChI is InChI=1S/C24H20N2O4/c1-29-19-7-5-6-16(14-19)15-21-24(28)26(17-10-12-18(27)13-11-17)23(25-21)20-8-3-4-9-22(20)30-2/h3-15,27H,1-2H3/b21-15+. The summed E-state index contributed by atoms with van der Waals surface area (Å²) in [5.41, 5.74) is 2.37. The number of benzene rings is 3. The van der Waals surface area contributed by atoms with E-state index >= 15 is 0 Å². The minimum Gasteiger partial charge on any atom is -0.508 e. The van der Waals surface area contributed by atoms with E-state index in [1.165, 1.54) is 17.0 Å². The SMILES string of the molecule is COc1cccc(/C=C2/N=C(c3ccccc3OC)N(c3ccc(O)cc3)C2=O)c1. The van der Waals surface area contributed by atoms with E-state index in [9.17, 15) is 9.90 Å². The van der Waals surface area contributed by atoms with Crippen molar-refractivity contribution in [1.82, 2.24) is 0 Å². The van der Waals surface area contributed by atoms with Crippen molar-refractivity contribution in [2.75, 3.05) is 19.1 Å². The molecule has 6 nitrogen and oxygen atoms in total. The van der Waals surface area contributed by atoms with Crippen molar-refractivity contribution in [1.29, 1.82) is 0 Å². The molecule has 0 saturated carbocycles. The number of para-hydroxylation sites is 1. The van der Waals surface area contributed by atoms with Crippen LogP contribution in [0.4, 0.5) is 5.69 Å². The molecule has 1 aliphatic heterocycles. The Kier molecular flexibility index (Phi) is 5.22. The lowest BCUT2D eigenvalue weighted by Crippen LogP contribution is -2.32. The first-order valence-electron chi connectivity index (χ1n) is 9.32. The summed E-state index contributed by atoms with van der Waals surface area (Å²) in [6, 6.07) is 21.2. The van der Waals surface area contributed by atoms with Gasteiger partial charge in [0.05, 0.1) is 25.5 Å². The van der Waals surface area contributed by atoms with Crippen LogP contribution in [0.15, 0.2) is 83.5 Å². The number of methoxy groups -OCH3 is 2. The van der Waals surface area contributed by atoms with Crippen molar-refractivity contribution in [3.05, 3.63) is 89.6 Å². The molecule has 1 aliphatic rings. The van der Waals surface area contributed by atoms with E-state index < -0.39 is 0 Å². The molecular weight excluding hydrogens is 380 g/mol. The van der Waals surface area contributed by atoms with Crippen LogP contribution in [0.3, 0.4) is 0 Å². The van der Waals surface area contributed by atoms with E-state index in [0.717, 1.165) is 5.56 Å². The largest absolute Gasteiger partial charge is 0.508 e. The number of carbonyl (C=O) groups is 1. The van der Waals surface area contributed by atoms with Crippen molar-refractivity contribution >= 4 is 23.5 Å². The zero-order valence-electron chi connectivity index (χ0n) is 16.6. The van der Waals surface area contributed by atoms with Gasteiger partial charge >= 0.3 is 0 Å². The molecule has 150 valence electrons. The average molecular weight is 400 g/mol. The van der Waals surface area contributed by atoms with Crippen LogP contribution in [0.5, 0.6) is 17.2 Å². The first-order valence-corrected chi connectivity index (χ1v) is 9.32. The molecule has 0 radical (unpaired) electrons. The number of phenolic OH excluding ortho intramolecular Hbond substituents is 1. The molecule has 30 heavy (non-hydrogen) atoms. The van der Waals surface area contributed by atoms with Gasteiger partial charge in [-0.15, -0.1) is 0 Å². The topological polar surface area (TPSA) is 71.4 Å². The average Bonchev–Trinajstić information content (AvgIpc) is 3.10. The van der Waals surface area contributed by atoms with E-state index in [1.54, 1.807) is 32.4 Å². The highest BCUT2D eigenvalue weighted by Crippen LogP contribution is 2.32. The Morgan fingerprint density at radius 3 is 2.43 bits per heavy atom. The Labute approximate surface area is 174 Å². The van der Waals surface area contributed by atoms with Crippen molar-refractivity contribution in [3.8, 4) is 17.2 Å². The van der Waals surface area contributed by atoms with Gasteiger partial charge < -0.3 is 14.6 Å². The summed E-state index contributed by atoms with van der Waals surface area (Å²) in [4.78, 5) is 19.5. The molecule has 3 aromatic carbocycles. The predicted octanol–water partition coefficient (Wildman–Crippen LogP) is 4.24. The van der Waals surface area contributed by atoms with E-state index in [4.69, 9.17) is 9.47 Å². The number of anilines is 1. The molecule has 0 bridgehead atoms. The van der Waals surface area contributed by atoms with Crippen molar-refractivity contribution in [2.45, 2.75) is 0 Å². The van der Waals surface area contributed by atoms with Crippen LogP contribution in [-0.4, -0.2) is 31.1 Å². The fourth-order valence-electron chi connectivity index (χ4n) is 3.26. The van der Waals surface area contributed by atoms with Crippen LogP contribution < -0.4 is 14.4 Å². The normalized spacial score (nSPS) is 14.7. The van der Waals surface area contributed by atoms with Gasteiger partial charge in [-0.05, 0) is 60.2 Å². The maximum Gasteiger partial charge on any atom is 0.282 e. The highest BCUT2D eigenvalue weighted by Gasteiger charge is 2.33. The first kappa shape index (κ1) is 19.3. The predicted molar refractivity (Wildman–Crippen MR) is 116 cm³/mol. The lowest BCUT2D eigenvalue weighted by atomic mass is 10.1. The molecule has 4 rings (SSSR count). The number of amides is 1. The number of aliphatic imine (C=N–C) groups is 1. The molecule has 1 heterocycles. The smallest absolute Gasteiger partial charge is 0.282 e. The van der Waals surface area contributed by atoms with Gasteiger partial charge in [-0.25, -0.2) is 4.99 Å². The number of carbonyl (C=O) groups excluding carboxylic acids is 1. The van der Waals surface area contributed by atoms with E-state index in [2.05, 4.69) is 4.99 Å². The van der Waals surface area contributed by atoms with E-state index in [-0.39, 0.29) is 17.4 Å². The Morgan fingerprint density at radius 1 is 0.933 bits per heavy atom. The number of hydrogen-bond donors (Lipinski definition) is 1. The number of nitrogens with zero attached hydrogens (tertiary/aromatic N) is 2. The minimum absolute atomic E-state index is 0.119. The minimum atomic E-state index is -0.274. The van der Waals surface area contributed by atoms with Gasteiger partial charge in [0, 0.05) is 0 Å². The van der Waals surface area contributed by atoms with Crippen LogP contribution in [0.25, 0.3) is 6.08 Å². The molecule has 3 aromatic rings. The Morgan fingerprint density at radius 2 is 1.70 bits per heavy atom. The molecule has 0 atom stereocenters. The number of aromatic hydroxyl groups is 1. The number of phenols is 1. The molecule has 0 saturated heterocycles. The van der Waals surface area contributed by atoms with Crippen LogP contribution >= 0.6 is 0 Å². The second-order valence-electron chi connectivity index (χ2n) is 6.60. The van der Waals surface area contributed by atoms with Crippen molar-refractivity contribution < 1.29 is 19.4 Å². The van der Waals surface area contributed by atoms with Crippen LogP contribution in [0, 0.1) is 0 Å². The number of amidine groups is 1. The fourth-order valence-corrected chi connectivity index (χ4v) is 3.26. The molecule has 1 N–H and O–H groups in total. The second kappa shape index (κ2) is 8.13. The summed E-state index contributed by atoms with van der Waals surface area (Å²) in [5, 5.41) is 9.65. The van der Waals surface area contributed by atoms with Crippen LogP contribution in [0.1, 0.15) is 11.1 Å². The molecule has 0 spiro atoms. The molecule has 0 fully saturated rings. The van der Waals surface area contributed by atoms with Gasteiger partial charge in [0.25, 0.3) is 5.91 Å². The summed E-state index contributed by atoms with van der Waals surface area (Å²) < 4.78 is 10.8. The molecule has 0 aromatic heterocycles. The third kappa shape index (κ3) is 3.63. The molecule has 1 amide bonds. The molecule has 6 heteroatoms. The summed E-state index contributed by atoms with van der Waals surface area (Å²) in [7, 11) is 3.17.